The lowest BCUT2D eigenvalue weighted by Gasteiger charge is -2.05. The van der Waals surface area contributed by atoms with Crippen LogP contribution >= 0.6 is 0 Å². The van der Waals surface area contributed by atoms with Gasteiger partial charge in [-0.1, -0.05) is 0 Å². The van der Waals surface area contributed by atoms with Gasteiger partial charge < -0.3 is 10.7 Å². The van der Waals surface area contributed by atoms with Crippen molar-refractivity contribution in [2.24, 2.45) is 0 Å². The van der Waals surface area contributed by atoms with E-state index in [1.807, 2.05) is 6.07 Å². The molecule has 0 aromatic carbocycles. The number of hydrogen-bond acceptors (Lipinski definition) is 4. The fourth-order valence-corrected chi connectivity index (χ4v) is 1.02. The van der Waals surface area contributed by atoms with Gasteiger partial charge in [-0.05, 0) is 12.1 Å². The molecule has 1 aromatic rings. The Kier molecular flexibility index (Phi) is 2.98. The van der Waals surface area contributed by atoms with E-state index in [-0.39, 0.29) is 6.42 Å². The fourth-order valence-electron chi connectivity index (χ4n) is 1.02. The first-order valence-corrected chi connectivity index (χ1v) is 3.87. The average Bonchev–Trinajstić information content (AvgIpc) is 2.18. The second-order valence-electron chi connectivity index (χ2n) is 2.46. The number of nitriles is 1. The second-order valence-corrected chi connectivity index (χ2v) is 2.46. The minimum atomic E-state index is 0.111. The van der Waals surface area contributed by atoms with Gasteiger partial charge in [0.2, 0.25) is 0 Å². The summed E-state index contributed by atoms with van der Waals surface area (Å²) >= 11 is 0. The zero-order valence-electron chi connectivity index (χ0n) is 7.33. The van der Waals surface area contributed by atoms with Gasteiger partial charge in [-0.3, -0.25) is 0 Å². The van der Waals surface area contributed by atoms with Crippen LogP contribution in [0.3, 0.4) is 0 Å². The number of rotatable bonds is 3. The third-order valence-corrected chi connectivity index (χ3v) is 1.63. The van der Waals surface area contributed by atoms with Gasteiger partial charge >= 0.3 is 0 Å². The van der Waals surface area contributed by atoms with Crippen molar-refractivity contribution in [3.63, 3.8) is 0 Å². The molecule has 0 spiro atoms. The maximum Gasteiger partial charge on any atom is 0.134 e. The standard InChI is InChI=1S/C9H10N4/c1-12-9-7(3-2-6-13-9)8(11)4-5-10/h2-3,6,11H,4H2,1H3,(H,12,13). The average molecular weight is 174 g/mol. The van der Waals surface area contributed by atoms with Crippen molar-refractivity contribution in [1.82, 2.24) is 4.98 Å². The highest BCUT2D eigenvalue weighted by Crippen LogP contribution is 2.12. The summed E-state index contributed by atoms with van der Waals surface area (Å²) in [6.45, 7) is 0. The van der Waals surface area contributed by atoms with E-state index in [0.29, 0.717) is 17.1 Å². The van der Waals surface area contributed by atoms with Gasteiger partial charge in [0.05, 0.1) is 18.2 Å². The molecule has 0 aliphatic carbocycles. The van der Waals surface area contributed by atoms with Crippen LogP contribution in [-0.2, 0) is 0 Å². The van der Waals surface area contributed by atoms with E-state index in [9.17, 15) is 0 Å². The summed E-state index contributed by atoms with van der Waals surface area (Å²) in [5, 5.41) is 18.9. The molecule has 0 atom stereocenters. The molecule has 0 saturated carbocycles. The Morgan fingerprint density at radius 3 is 3.15 bits per heavy atom. The number of aromatic nitrogens is 1. The molecular weight excluding hydrogens is 164 g/mol. The summed E-state index contributed by atoms with van der Waals surface area (Å²) in [6, 6.07) is 5.47. The van der Waals surface area contributed by atoms with Crippen molar-refractivity contribution in [1.29, 1.82) is 10.7 Å². The van der Waals surface area contributed by atoms with Crippen LogP contribution in [-0.4, -0.2) is 17.7 Å². The molecule has 1 heterocycles. The summed E-state index contributed by atoms with van der Waals surface area (Å²) in [7, 11) is 1.74. The lowest BCUT2D eigenvalue weighted by atomic mass is 10.1. The Hall–Kier alpha value is -1.89. The summed E-state index contributed by atoms with van der Waals surface area (Å²) in [5.41, 5.74) is 0.978. The Morgan fingerprint density at radius 1 is 1.77 bits per heavy atom. The van der Waals surface area contributed by atoms with E-state index in [1.54, 1.807) is 25.4 Å². The molecule has 66 valence electrons. The SMILES string of the molecule is CNc1ncccc1C(=N)CC#N. The molecule has 1 rings (SSSR count). The molecule has 13 heavy (non-hydrogen) atoms. The number of anilines is 1. The molecule has 0 aliphatic heterocycles. The summed E-state index contributed by atoms with van der Waals surface area (Å²) in [6.07, 6.45) is 1.76. The van der Waals surface area contributed by atoms with Crippen molar-refractivity contribution in [3.8, 4) is 6.07 Å². The van der Waals surface area contributed by atoms with Gasteiger partial charge in [0, 0.05) is 18.8 Å². The van der Waals surface area contributed by atoms with Gasteiger partial charge in [0.15, 0.2) is 0 Å². The Bertz CT molecular complexity index is 351. The molecule has 0 fully saturated rings. The highest BCUT2D eigenvalue weighted by Gasteiger charge is 2.05. The highest BCUT2D eigenvalue weighted by atomic mass is 15.0. The minimum Gasteiger partial charge on any atom is -0.373 e. The van der Waals surface area contributed by atoms with Crippen LogP contribution in [0.25, 0.3) is 0 Å². The largest absolute Gasteiger partial charge is 0.373 e. The smallest absolute Gasteiger partial charge is 0.134 e. The van der Waals surface area contributed by atoms with E-state index in [0.717, 1.165) is 0 Å². The molecule has 1 aromatic heterocycles. The van der Waals surface area contributed by atoms with Crippen LogP contribution in [0, 0.1) is 16.7 Å². The monoisotopic (exact) mass is 174 g/mol. The van der Waals surface area contributed by atoms with Crippen molar-refractivity contribution in [3.05, 3.63) is 23.9 Å². The number of hydrogen-bond donors (Lipinski definition) is 2. The maximum atomic E-state index is 8.43. The second kappa shape index (κ2) is 4.21. The van der Waals surface area contributed by atoms with Crippen molar-refractivity contribution in [2.45, 2.75) is 6.42 Å². The molecule has 2 N–H and O–H groups in total. The lowest BCUT2D eigenvalue weighted by molar-refractivity contribution is 1.25. The van der Waals surface area contributed by atoms with E-state index < -0.39 is 0 Å². The molecule has 0 amide bonds. The van der Waals surface area contributed by atoms with Gasteiger partial charge in [-0.25, -0.2) is 4.98 Å². The van der Waals surface area contributed by atoms with Crippen molar-refractivity contribution < 1.29 is 0 Å². The van der Waals surface area contributed by atoms with Crippen LogP contribution in [0.15, 0.2) is 18.3 Å². The van der Waals surface area contributed by atoms with E-state index in [2.05, 4.69) is 10.3 Å². The number of pyridine rings is 1. The Labute approximate surface area is 76.7 Å². The van der Waals surface area contributed by atoms with E-state index in [1.165, 1.54) is 0 Å². The maximum absolute atomic E-state index is 8.43. The zero-order valence-corrected chi connectivity index (χ0v) is 7.33. The molecule has 0 bridgehead atoms. The predicted octanol–water partition coefficient (Wildman–Crippen LogP) is 1.40. The molecule has 0 saturated heterocycles. The van der Waals surface area contributed by atoms with E-state index >= 15 is 0 Å². The van der Waals surface area contributed by atoms with Crippen LogP contribution in [0.1, 0.15) is 12.0 Å². The zero-order chi connectivity index (χ0) is 9.68. The quantitative estimate of drug-likeness (QED) is 0.680. The minimum absolute atomic E-state index is 0.111. The van der Waals surface area contributed by atoms with Crippen LogP contribution < -0.4 is 5.32 Å². The molecule has 0 aliphatic rings. The van der Waals surface area contributed by atoms with Crippen molar-refractivity contribution >= 4 is 11.5 Å². The first kappa shape index (κ1) is 9.20. The molecule has 4 heteroatoms. The Morgan fingerprint density at radius 2 is 2.54 bits per heavy atom. The molecule has 0 unspecified atom stereocenters. The van der Waals surface area contributed by atoms with Gasteiger partial charge in [-0.2, -0.15) is 5.26 Å². The molecular formula is C9H10N4. The Balaban J connectivity index is 3.00. The molecule has 4 nitrogen and oxygen atoms in total. The first-order chi connectivity index (χ1) is 6.29. The number of nitrogens with zero attached hydrogens (tertiary/aromatic N) is 2. The lowest BCUT2D eigenvalue weighted by Crippen LogP contribution is -2.04. The van der Waals surface area contributed by atoms with Gasteiger partial charge in [-0.15, -0.1) is 0 Å². The third-order valence-electron chi connectivity index (χ3n) is 1.63. The summed E-state index contributed by atoms with van der Waals surface area (Å²) in [5.74, 6) is 0.641. The predicted molar refractivity (Wildman–Crippen MR) is 50.8 cm³/mol. The summed E-state index contributed by atoms with van der Waals surface area (Å²) < 4.78 is 0. The fraction of sp³-hybridized carbons (Fsp3) is 0.222. The highest BCUT2D eigenvalue weighted by molar-refractivity contribution is 6.03. The van der Waals surface area contributed by atoms with Crippen molar-refractivity contribution in [2.75, 3.05) is 12.4 Å². The molecule has 0 radical (unpaired) electrons. The third kappa shape index (κ3) is 2.03. The van der Waals surface area contributed by atoms with Gasteiger partial charge in [0.1, 0.15) is 5.82 Å². The first-order valence-electron chi connectivity index (χ1n) is 3.87. The van der Waals surface area contributed by atoms with Crippen LogP contribution in [0.2, 0.25) is 0 Å². The van der Waals surface area contributed by atoms with Crippen LogP contribution in [0.5, 0.6) is 0 Å². The number of nitrogens with one attached hydrogen (secondary N) is 2. The topological polar surface area (TPSA) is 72.6 Å². The van der Waals surface area contributed by atoms with Crippen LogP contribution in [0.4, 0.5) is 5.82 Å². The van der Waals surface area contributed by atoms with Gasteiger partial charge in [0.25, 0.3) is 0 Å². The normalized spacial score (nSPS) is 8.92. The summed E-state index contributed by atoms with van der Waals surface area (Å²) in [4.78, 5) is 4.04. The van der Waals surface area contributed by atoms with E-state index in [4.69, 9.17) is 10.7 Å².